The zero-order chi connectivity index (χ0) is 22.0. The number of amides is 1. The van der Waals surface area contributed by atoms with E-state index in [4.69, 9.17) is 16.3 Å². The van der Waals surface area contributed by atoms with Gasteiger partial charge in [0.15, 0.2) is 5.16 Å². The lowest BCUT2D eigenvalue weighted by Gasteiger charge is -2.11. The molecule has 1 N–H and O–H groups in total. The van der Waals surface area contributed by atoms with Crippen molar-refractivity contribution in [2.75, 3.05) is 18.2 Å². The van der Waals surface area contributed by atoms with Gasteiger partial charge in [-0.3, -0.25) is 18.6 Å². The van der Waals surface area contributed by atoms with Crippen LogP contribution in [0.3, 0.4) is 0 Å². The molecular weight excluding hydrogens is 438 g/mol. The molecule has 0 aliphatic carbocycles. The number of nitrogens with zero attached hydrogens (tertiary/aromatic N) is 4. The summed E-state index contributed by atoms with van der Waals surface area (Å²) in [5.74, 6) is 0.834. The van der Waals surface area contributed by atoms with Crippen LogP contribution in [0.1, 0.15) is 13.3 Å². The Morgan fingerprint density at radius 1 is 1.23 bits per heavy atom. The Balaban J connectivity index is 1.65. The van der Waals surface area contributed by atoms with Crippen molar-refractivity contribution < 1.29 is 9.53 Å². The summed E-state index contributed by atoms with van der Waals surface area (Å²) >= 11 is 7.27. The zero-order valence-corrected chi connectivity index (χ0v) is 18.5. The number of hydrogen-bond donors (Lipinski definition) is 1. The molecule has 31 heavy (non-hydrogen) atoms. The molecule has 10 heteroatoms. The van der Waals surface area contributed by atoms with Gasteiger partial charge in [0, 0.05) is 11.6 Å². The predicted molar refractivity (Wildman–Crippen MR) is 122 cm³/mol. The first-order chi connectivity index (χ1) is 15.0. The molecule has 0 bridgehead atoms. The number of rotatable bonds is 7. The molecule has 0 unspecified atom stereocenters. The number of hydrogen-bond acceptors (Lipinski definition) is 6. The second kappa shape index (κ2) is 8.99. The van der Waals surface area contributed by atoms with Crippen LogP contribution in [0.2, 0.25) is 5.02 Å². The molecule has 0 saturated heterocycles. The third-order valence-electron chi connectivity index (χ3n) is 4.69. The van der Waals surface area contributed by atoms with Crippen LogP contribution in [-0.2, 0) is 11.3 Å². The monoisotopic (exact) mass is 457 g/mol. The molecule has 0 aliphatic heterocycles. The summed E-state index contributed by atoms with van der Waals surface area (Å²) in [7, 11) is 1.52. The Labute approximate surface area is 187 Å². The van der Waals surface area contributed by atoms with Crippen LogP contribution in [0, 0.1) is 0 Å². The van der Waals surface area contributed by atoms with E-state index in [9.17, 15) is 9.59 Å². The van der Waals surface area contributed by atoms with Gasteiger partial charge in [-0.15, -0.1) is 10.2 Å². The Bertz CT molecular complexity index is 1330. The summed E-state index contributed by atoms with van der Waals surface area (Å²) in [5.41, 5.74) is 1.10. The minimum atomic E-state index is -0.242. The highest BCUT2D eigenvalue weighted by Crippen LogP contribution is 2.28. The fourth-order valence-electron chi connectivity index (χ4n) is 3.35. The molecule has 2 aromatic heterocycles. The van der Waals surface area contributed by atoms with Crippen LogP contribution in [0.15, 0.2) is 52.4 Å². The molecule has 0 spiro atoms. The molecule has 1 amide bonds. The number of carbonyl (C=O) groups is 1. The highest BCUT2D eigenvalue weighted by Gasteiger charge is 2.17. The minimum absolute atomic E-state index is 0.0949. The van der Waals surface area contributed by atoms with Crippen LogP contribution in [0.4, 0.5) is 5.69 Å². The number of aromatic nitrogens is 4. The molecule has 4 rings (SSSR count). The number of para-hydroxylation sites is 1. The van der Waals surface area contributed by atoms with Crippen molar-refractivity contribution in [2.24, 2.45) is 0 Å². The summed E-state index contributed by atoms with van der Waals surface area (Å²) in [6.45, 7) is 2.53. The number of benzene rings is 2. The number of thioether (sulfide) groups is 1. The Morgan fingerprint density at radius 3 is 2.81 bits per heavy atom. The quantitative estimate of drug-likeness (QED) is 0.424. The molecule has 160 valence electrons. The third-order valence-corrected chi connectivity index (χ3v) is 5.86. The number of ether oxygens (including phenoxy) is 1. The topological polar surface area (TPSA) is 90.5 Å². The first-order valence-corrected chi connectivity index (χ1v) is 11.0. The van der Waals surface area contributed by atoms with Crippen molar-refractivity contribution in [2.45, 2.75) is 25.0 Å². The number of nitrogens with one attached hydrogen (secondary N) is 1. The van der Waals surface area contributed by atoms with E-state index >= 15 is 0 Å². The fourth-order valence-corrected chi connectivity index (χ4v) is 4.26. The van der Waals surface area contributed by atoms with Gasteiger partial charge >= 0.3 is 0 Å². The van der Waals surface area contributed by atoms with Crippen molar-refractivity contribution >= 4 is 51.6 Å². The van der Waals surface area contributed by atoms with Crippen molar-refractivity contribution in [3.63, 3.8) is 0 Å². The number of methoxy groups -OCH3 is 1. The van der Waals surface area contributed by atoms with Crippen molar-refractivity contribution in [1.29, 1.82) is 0 Å². The maximum absolute atomic E-state index is 12.9. The van der Waals surface area contributed by atoms with E-state index in [-0.39, 0.29) is 17.2 Å². The lowest BCUT2D eigenvalue weighted by atomic mass is 10.2. The predicted octanol–water partition coefficient (Wildman–Crippen LogP) is 3.85. The molecule has 0 saturated carbocycles. The zero-order valence-electron chi connectivity index (χ0n) is 17.0. The van der Waals surface area contributed by atoms with Crippen molar-refractivity contribution in [3.8, 4) is 5.75 Å². The van der Waals surface area contributed by atoms with Gasteiger partial charge in [-0.25, -0.2) is 0 Å². The normalized spacial score (nSPS) is 11.2. The molecule has 2 heterocycles. The van der Waals surface area contributed by atoms with Crippen molar-refractivity contribution in [3.05, 3.63) is 57.8 Å². The van der Waals surface area contributed by atoms with E-state index < -0.39 is 0 Å². The van der Waals surface area contributed by atoms with Gasteiger partial charge in [0.1, 0.15) is 5.75 Å². The Morgan fingerprint density at radius 2 is 2.03 bits per heavy atom. The number of carbonyl (C=O) groups excluding carboxylic acids is 1. The second-order valence-corrected chi connectivity index (χ2v) is 8.15. The molecule has 0 fully saturated rings. The molecule has 2 aromatic carbocycles. The first-order valence-electron chi connectivity index (χ1n) is 9.66. The Hall–Kier alpha value is -3.04. The van der Waals surface area contributed by atoms with Gasteiger partial charge < -0.3 is 10.1 Å². The van der Waals surface area contributed by atoms with Crippen molar-refractivity contribution in [1.82, 2.24) is 19.2 Å². The van der Waals surface area contributed by atoms with E-state index in [0.717, 1.165) is 6.42 Å². The number of anilines is 1. The summed E-state index contributed by atoms with van der Waals surface area (Å²) in [4.78, 5) is 25.5. The average Bonchev–Trinajstić information content (AvgIpc) is 3.19. The molecule has 4 aromatic rings. The van der Waals surface area contributed by atoms with E-state index in [0.29, 0.717) is 44.8 Å². The fraction of sp³-hybridized carbons (Fsp3) is 0.238. The third kappa shape index (κ3) is 4.11. The summed E-state index contributed by atoms with van der Waals surface area (Å²) in [5, 5.41) is 12.9. The van der Waals surface area contributed by atoms with Gasteiger partial charge in [-0.1, -0.05) is 42.4 Å². The maximum atomic E-state index is 12.9. The first kappa shape index (κ1) is 21.2. The summed E-state index contributed by atoms with van der Waals surface area (Å²) < 4.78 is 8.71. The van der Waals surface area contributed by atoms with Gasteiger partial charge in [0.05, 0.1) is 29.5 Å². The Kier molecular flexibility index (Phi) is 6.15. The van der Waals surface area contributed by atoms with E-state index in [2.05, 4.69) is 15.5 Å². The maximum Gasteiger partial charge on any atom is 0.262 e. The van der Waals surface area contributed by atoms with Gasteiger partial charge in [0.25, 0.3) is 5.56 Å². The van der Waals surface area contributed by atoms with E-state index in [1.807, 2.05) is 29.5 Å². The molecular formula is C21H20ClN5O3S. The van der Waals surface area contributed by atoms with Crippen LogP contribution < -0.4 is 15.6 Å². The van der Waals surface area contributed by atoms with Crippen LogP contribution >= 0.6 is 23.4 Å². The van der Waals surface area contributed by atoms with E-state index in [1.165, 1.54) is 18.9 Å². The minimum Gasteiger partial charge on any atom is -0.495 e. The summed E-state index contributed by atoms with van der Waals surface area (Å²) in [6.07, 6.45) is 0.785. The smallest absolute Gasteiger partial charge is 0.262 e. The van der Waals surface area contributed by atoms with Gasteiger partial charge in [0.2, 0.25) is 11.7 Å². The highest BCUT2D eigenvalue weighted by atomic mass is 35.5. The lowest BCUT2D eigenvalue weighted by molar-refractivity contribution is -0.113. The second-order valence-electron chi connectivity index (χ2n) is 6.77. The largest absolute Gasteiger partial charge is 0.495 e. The van der Waals surface area contributed by atoms with Crippen LogP contribution in [-0.4, -0.2) is 37.9 Å². The SMILES string of the molecule is CCCn1c(=O)c2ccccc2n2c(SCC(=O)Nc3cc(Cl)ccc3OC)nnc12. The molecule has 0 radical (unpaired) electrons. The average molecular weight is 458 g/mol. The number of halogens is 1. The van der Waals surface area contributed by atoms with Gasteiger partial charge in [-0.2, -0.15) is 0 Å². The number of aryl methyl sites for hydroxylation is 1. The highest BCUT2D eigenvalue weighted by molar-refractivity contribution is 7.99. The van der Waals surface area contributed by atoms with Crippen LogP contribution in [0.25, 0.3) is 16.7 Å². The molecule has 8 nitrogen and oxygen atoms in total. The molecule has 0 atom stereocenters. The van der Waals surface area contributed by atoms with E-state index in [1.54, 1.807) is 28.8 Å². The standard InChI is InChI=1S/C21H20ClN5O3S/c1-3-10-26-19(29)14-6-4-5-7-16(14)27-20(26)24-25-21(27)31-12-18(28)23-15-11-13(22)8-9-17(15)30-2/h4-9,11H,3,10,12H2,1-2H3,(H,23,28). The lowest BCUT2D eigenvalue weighted by Crippen LogP contribution is -2.23. The summed E-state index contributed by atoms with van der Waals surface area (Å²) in [6, 6.07) is 12.3. The number of fused-ring (bicyclic) bond motifs is 3. The van der Waals surface area contributed by atoms with Crippen LogP contribution in [0.5, 0.6) is 5.75 Å². The molecule has 0 aliphatic rings. The van der Waals surface area contributed by atoms with Gasteiger partial charge in [-0.05, 0) is 36.8 Å².